The number of hydrogen-bond donors (Lipinski definition) is 0. The van der Waals surface area contributed by atoms with E-state index in [1.54, 1.807) is 0 Å². The zero-order chi connectivity index (χ0) is 14.3. The van der Waals surface area contributed by atoms with E-state index >= 15 is 0 Å². The van der Waals surface area contributed by atoms with Crippen LogP contribution in [-0.2, 0) is 7.05 Å². The lowest BCUT2D eigenvalue weighted by Crippen LogP contribution is -2.00. The molecule has 0 saturated carbocycles. The molecule has 0 N–H and O–H groups in total. The van der Waals surface area contributed by atoms with Gasteiger partial charge in [-0.2, -0.15) is 0 Å². The van der Waals surface area contributed by atoms with E-state index in [0.29, 0.717) is 0 Å². The van der Waals surface area contributed by atoms with Crippen molar-refractivity contribution in [3.63, 3.8) is 0 Å². The van der Waals surface area contributed by atoms with E-state index in [4.69, 9.17) is 0 Å². The van der Waals surface area contributed by atoms with E-state index in [0.717, 1.165) is 25.6 Å². The number of benzene rings is 2. The SMILES string of the molecule is Cc1ccc2c(C(=O)c3ccc(I)cc3)cn(C)c2c1. The lowest BCUT2D eigenvalue weighted by molar-refractivity contribution is 0.104. The van der Waals surface area contributed by atoms with Gasteiger partial charge in [-0.15, -0.1) is 0 Å². The highest BCUT2D eigenvalue weighted by molar-refractivity contribution is 14.1. The smallest absolute Gasteiger partial charge is 0.195 e. The van der Waals surface area contributed by atoms with Crippen molar-refractivity contribution in [2.75, 3.05) is 0 Å². The van der Waals surface area contributed by atoms with Crippen LogP contribution >= 0.6 is 22.6 Å². The predicted molar refractivity (Wildman–Crippen MR) is 90.2 cm³/mol. The van der Waals surface area contributed by atoms with Crippen LogP contribution in [0.15, 0.2) is 48.7 Å². The maximum Gasteiger partial charge on any atom is 0.195 e. The highest BCUT2D eigenvalue weighted by Gasteiger charge is 2.15. The zero-order valence-corrected chi connectivity index (χ0v) is 13.5. The summed E-state index contributed by atoms with van der Waals surface area (Å²) in [6.07, 6.45) is 1.92. The Morgan fingerprint density at radius 3 is 2.50 bits per heavy atom. The molecule has 2 nitrogen and oxygen atoms in total. The molecule has 1 aromatic heterocycles. The highest BCUT2D eigenvalue weighted by Crippen LogP contribution is 2.24. The minimum Gasteiger partial charge on any atom is -0.350 e. The summed E-state index contributed by atoms with van der Waals surface area (Å²) >= 11 is 2.24. The van der Waals surface area contributed by atoms with Gasteiger partial charge in [0.2, 0.25) is 0 Å². The average molecular weight is 375 g/mol. The van der Waals surface area contributed by atoms with Gasteiger partial charge < -0.3 is 4.57 Å². The number of hydrogen-bond acceptors (Lipinski definition) is 1. The van der Waals surface area contributed by atoms with E-state index in [-0.39, 0.29) is 5.78 Å². The summed E-state index contributed by atoms with van der Waals surface area (Å²) in [6.45, 7) is 2.06. The quantitative estimate of drug-likeness (QED) is 0.483. The highest BCUT2D eigenvalue weighted by atomic mass is 127. The fourth-order valence-electron chi connectivity index (χ4n) is 2.43. The van der Waals surface area contributed by atoms with Crippen molar-refractivity contribution in [3.8, 4) is 0 Å². The van der Waals surface area contributed by atoms with Gasteiger partial charge in [-0.25, -0.2) is 0 Å². The Morgan fingerprint density at radius 1 is 1.10 bits per heavy atom. The standard InChI is InChI=1S/C17H14INO/c1-11-3-8-14-15(10-19(2)16(14)9-11)17(20)12-4-6-13(18)7-5-12/h3-10H,1-2H3. The van der Waals surface area contributed by atoms with E-state index in [9.17, 15) is 4.79 Å². The topological polar surface area (TPSA) is 22.0 Å². The molecule has 0 spiro atoms. The molecule has 0 aliphatic carbocycles. The Labute approximate surface area is 131 Å². The van der Waals surface area contributed by atoms with Gasteiger partial charge in [-0.1, -0.05) is 12.1 Å². The van der Waals surface area contributed by atoms with Crippen LogP contribution in [0, 0.1) is 10.5 Å². The molecule has 0 saturated heterocycles. The molecular formula is C17H14INO. The molecule has 3 heteroatoms. The van der Waals surface area contributed by atoms with Crippen molar-refractivity contribution in [1.29, 1.82) is 0 Å². The first-order valence-corrected chi connectivity index (χ1v) is 7.50. The average Bonchev–Trinajstić information content (AvgIpc) is 2.76. The van der Waals surface area contributed by atoms with Crippen LogP contribution < -0.4 is 0 Å². The van der Waals surface area contributed by atoms with Gasteiger partial charge in [0.25, 0.3) is 0 Å². The van der Waals surface area contributed by atoms with Gasteiger partial charge in [-0.3, -0.25) is 4.79 Å². The van der Waals surface area contributed by atoms with E-state index in [1.165, 1.54) is 5.56 Å². The molecule has 100 valence electrons. The number of nitrogens with zero attached hydrogens (tertiary/aromatic N) is 1. The molecule has 0 radical (unpaired) electrons. The molecule has 3 rings (SSSR count). The summed E-state index contributed by atoms with van der Waals surface area (Å²) in [5, 5.41) is 1.02. The second-order valence-corrected chi connectivity index (χ2v) is 6.26. The van der Waals surface area contributed by atoms with Gasteiger partial charge in [-0.05, 0) is 65.4 Å². The fraction of sp³-hybridized carbons (Fsp3) is 0.118. The van der Waals surface area contributed by atoms with Crippen LogP contribution in [-0.4, -0.2) is 10.4 Å². The Kier molecular flexibility index (Phi) is 3.38. The molecule has 0 bridgehead atoms. The molecule has 0 aliphatic heterocycles. The Hall–Kier alpha value is -1.62. The molecule has 2 aromatic carbocycles. The number of carbonyl (C=O) groups is 1. The molecule has 1 heterocycles. The maximum absolute atomic E-state index is 12.7. The number of rotatable bonds is 2. The van der Waals surface area contributed by atoms with Gasteiger partial charge >= 0.3 is 0 Å². The normalized spacial score (nSPS) is 10.9. The third-order valence-corrected chi connectivity index (χ3v) is 4.22. The van der Waals surface area contributed by atoms with Gasteiger partial charge in [0.15, 0.2) is 5.78 Å². The zero-order valence-electron chi connectivity index (χ0n) is 11.4. The largest absolute Gasteiger partial charge is 0.350 e. The minimum atomic E-state index is 0.0795. The van der Waals surface area contributed by atoms with Crippen LogP contribution in [0.1, 0.15) is 21.5 Å². The van der Waals surface area contributed by atoms with Gasteiger partial charge in [0.05, 0.1) is 0 Å². The molecule has 20 heavy (non-hydrogen) atoms. The van der Waals surface area contributed by atoms with Crippen LogP contribution in [0.3, 0.4) is 0 Å². The first-order chi connectivity index (χ1) is 9.56. The summed E-state index contributed by atoms with van der Waals surface area (Å²) in [5.41, 5.74) is 3.80. The van der Waals surface area contributed by atoms with Crippen molar-refractivity contribution in [2.24, 2.45) is 7.05 Å². The maximum atomic E-state index is 12.7. The number of halogens is 1. The van der Waals surface area contributed by atoms with Gasteiger partial charge in [0, 0.05) is 38.8 Å². The number of fused-ring (bicyclic) bond motifs is 1. The molecule has 0 aliphatic rings. The number of aryl methyl sites for hydroxylation is 2. The summed E-state index contributed by atoms with van der Waals surface area (Å²) in [5.74, 6) is 0.0795. The van der Waals surface area contributed by atoms with Gasteiger partial charge in [0.1, 0.15) is 0 Å². The van der Waals surface area contributed by atoms with Crippen molar-refractivity contribution in [2.45, 2.75) is 6.92 Å². The molecule has 3 aromatic rings. The summed E-state index contributed by atoms with van der Waals surface area (Å²) in [7, 11) is 1.98. The minimum absolute atomic E-state index is 0.0795. The third-order valence-electron chi connectivity index (χ3n) is 3.50. The number of ketones is 1. The molecule has 0 fully saturated rings. The van der Waals surface area contributed by atoms with Crippen molar-refractivity contribution in [1.82, 2.24) is 4.57 Å². The first kappa shape index (κ1) is 13.4. The Bertz CT molecular complexity index is 800. The summed E-state index contributed by atoms with van der Waals surface area (Å²) in [6, 6.07) is 13.9. The summed E-state index contributed by atoms with van der Waals surface area (Å²) < 4.78 is 3.15. The third kappa shape index (κ3) is 2.26. The first-order valence-electron chi connectivity index (χ1n) is 6.42. The van der Waals surface area contributed by atoms with Crippen molar-refractivity contribution in [3.05, 3.63) is 68.9 Å². The van der Waals surface area contributed by atoms with Crippen LogP contribution in [0.2, 0.25) is 0 Å². The van der Waals surface area contributed by atoms with E-state index < -0.39 is 0 Å². The lowest BCUT2D eigenvalue weighted by Gasteiger charge is -2.00. The van der Waals surface area contributed by atoms with Crippen LogP contribution in [0.4, 0.5) is 0 Å². The van der Waals surface area contributed by atoms with Crippen molar-refractivity contribution >= 4 is 39.3 Å². The second-order valence-electron chi connectivity index (χ2n) is 5.01. The summed E-state index contributed by atoms with van der Waals surface area (Å²) in [4.78, 5) is 12.7. The van der Waals surface area contributed by atoms with E-state index in [2.05, 4.69) is 35.6 Å². The number of carbonyl (C=O) groups excluding carboxylic acids is 1. The Balaban J connectivity index is 2.15. The Morgan fingerprint density at radius 2 is 1.80 bits per heavy atom. The van der Waals surface area contributed by atoms with Crippen LogP contribution in [0.25, 0.3) is 10.9 Å². The monoisotopic (exact) mass is 375 g/mol. The number of aromatic nitrogens is 1. The molecule has 0 unspecified atom stereocenters. The van der Waals surface area contributed by atoms with Crippen LogP contribution in [0.5, 0.6) is 0 Å². The lowest BCUT2D eigenvalue weighted by atomic mass is 10.0. The fourth-order valence-corrected chi connectivity index (χ4v) is 2.79. The van der Waals surface area contributed by atoms with Crippen molar-refractivity contribution < 1.29 is 4.79 Å². The van der Waals surface area contributed by atoms with E-state index in [1.807, 2.05) is 54.2 Å². The predicted octanol–water partition coefficient (Wildman–Crippen LogP) is 4.32. The molecular weight excluding hydrogens is 361 g/mol. The second kappa shape index (κ2) is 5.05. The molecule has 0 atom stereocenters. The molecule has 0 amide bonds.